The molecule has 0 saturated carbocycles. The number of halogens is 2. The zero-order valence-corrected chi connectivity index (χ0v) is 17.5. The molecule has 0 aliphatic carbocycles. The van der Waals surface area contributed by atoms with Crippen molar-refractivity contribution >= 4 is 55.2 Å². The highest BCUT2D eigenvalue weighted by molar-refractivity contribution is 9.11. The fourth-order valence-corrected chi connectivity index (χ4v) is 3.55. The number of non-ortho nitro benzene ring substituents is 1. The molecule has 0 heterocycles. The first kappa shape index (κ1) is 21.3. The summed E-state index contributed by atoms with van der Waals surface area (Å²) in [5.74, 6) is -0.257. The van der Waals surface area contributed by atoms with E-state index in [4.69, 9.17) is 4.74 Å². The van der Waals surface area contributed by atoms with E-state index in [0.29, 0.717) is 20.3 Å². The van der Waals surface area contributed by atoms with Crippen LogP contribution < -0.4 is 10.1 Å². The molecule has 0 bridgehead atoms. The topological polar surface area (TPSA) is 105 Å². The van der Waals surface area contributed by atoms with Crippen LogP contribution in [0.2, 0.25) is 0 Å². The molecule has 7 nitrogen and oxygen atoms in total. The molecule has 0 saturated heterocycles. The summed E-state index contributed by atoms with van der Waals surface area (Å²) in [4.78, 5) is 22.8. The Morgan fingerprint density at radius 2 is 2.11 bits per heavy atom. The van der Waals surface area contributed by atoms with E-state index in [1.54, 1.807) is 18.2 Å². The number of ether oxygens (including phenoxy) is 1. The molecule has 0 radical (unpaired) electrons. The normalized spacial score (nSPS) is 10.7. The molecule has 0 aromatic heterocycles. The summed E-state index contributed by atoms with van der Waals surface area (Å²) in [7, 11) is 0. The lowest BCUT2D eigenvalue weighted by atomic mass is 10.1. The molecule has 0 atom stereocenters. The van der Waals surface area contributed by atoms with Crippen molar-refractivity contribution in [2.24, 2.45) is 0 Å². The number of nitrogens with one attached hydrogen (secondary N) is 1. The maximum Gasteiger partial charge on any atom is 0.271 e. The van der Waals surface area contributed by atoms with Crippen molar-refractivity contribution in [3.63, 3.8) is 0 Å². The molecule has 2 aromatic carbocycles. The van der Waals surface area contributed by atoms with Gasteiger partial charge in [-0.3, -0.25) is 14.9 Å². The van der Waals surface area contributed by atoms with Gasteiger partial charge in [-0.25, -0.2) is 0 Å². The number of nitro groups is 1. The standard InChI is InChI=1S/C19H13Br2N3O4/c1-2-6-28-18-12(8-14(20)9-17(18)21)7-13(11-22)19(25)23-15-4-3-5-16(10-15)24(26)27/h2-5,7-10H,1,6H2,(H,23,25)/b13-7+. The lowest BCUT2D eigenvalue weighted by Crippen LogP contribution is -2.13. The van der Waals surface area contributed by atoms with Crippen LogP contribution in [-0.2, 0) is 4.79 Å². The Labute approximate surface area is 177 Å². The second-order valence-electron chi connectivity index (χ2n) is 5.34. The van der Waals surface area contributed by atoms with Gasteiger partial charge in [-0.05, 0) is 40.2 Å². The van der Waals surface area contributed by atoms with Gasteiger partial charge in [0.05, 0.1) is 9.40 Å². The van der Waals surface area contributed by atoms with E-state index in [2.05, 4.69) is 43.8 Å². The Hall–Kier alpha value is -2.96. The first-order chi connectivity index (χ1) is 13.3. The molecule has 0 fully saturated rings. The van der Waals surface area contributed by atoms with Gasteiger partial charge in [0, 0.05) is 27.9 Å². The number of hydrogen-bond donors (Lipinski definition) is 1. The summed E-state index contributed by atoms with van der Waals surface area (Å²) in [6.07, 6.45) is 2.95. The van der Waals surface area contributed by atoms with Crippen LogP contribution in [0.15, 0.2) is 63.6 Å². The molecule has 0 aliphatic rings. The zero-order chi connectivity index (χ0) is 20.7. The molecule has 0 spiro atoms. The number of carbonyl (C=O) groups is 1. The van der Waals surface area contributed by atoms with E-state index in [0.717, 1.165) is 0 Å². The van der Waals surface area contributed by atoms with E-state index in [1.165, 1.54) is 30.3 Å². The third-order valence-electron chi connectivity index (χ3n) is 3.36. The number of nitro benzene ring substituents is 1. The third kappa shape index (κ3) is 5.52. The molecule has 2 rings (SSSR count). The molecule has 0 unspecified atom stereocenters. The van der Waals surface area contributed by atoms with Crippen LogP contribution >= 0.6 is 31.9 Å². The quantitative estimate of drug-likeness (QED) is 0.182. The van der Waals surface area contributed by atoms with E-state index in [1.807, 2.05) is 6.07 Å². The molecule has 2 aromatic rings. The predicted octanol–water partition coefficient (Wildman–Crippen LogP) is 5.23. The highest BCUT2D eigenvalue weighted by Crippen LogP contribution is 2.34. The van der Waals surface area contributed by atoms with Gasteiger partial charge >= 0.3 is 0 Å². The van der Waals surface area contributed by atoms with Crippen LogP contribution in [0.3, 0.4) is 0 Å². The lowest BCUT2D eigenvalue weighted by Gasteiger charge is -2.11. The minimum Gasteiger partial charge on any atom is -0.488 e. The average molecular weight is 507 g/mol. The summed E-state index contributed by atoms with van der Waals surface area (Å²) in [5, 5.41) is 22.8. The number of carbonyl (C=O) groups excluding carboxylic acids is 1. The number of hydrogen-bond acceptors (Lipinski definition) is 5. The predicted molar refractivity (Wildman–Crippen MR) is 113 cm³/mol. The lowest BCUT2D eigenvalue weighted by molar-refractivity contribution is -0.384. The van der Waals surface area contributed by atoms with Gasteiger partial charge in [-0.2, -0.15) is 5.26 Å². The Morgan fingerprint density at radius 3 is 2.75 bits per heavy atom. The van der Waals surface area contributed by atoms with Crippen molar-refractivity contribution in [3.05, 3.63) is 79.2 Å². The summed E-state index contributed by atoms with van der Waals surface area (Å²) >= 11 is 6.74. The van der Waals surface area contributed by atoms with Crippen LogP contribution in [0.1, 0.15) is 5.56 Å². The minimum atomic E-state index is -0.700. The minimum absolute atomic E-state index is 0.170. The van der Waals surface area contributed by atoms with Crippen LogP contribution in [0, 0.1) is 21.4 Å². The van der Waals surface area contributed by atoms with Crippen molar-refractivity contribution in [1.29, 1.82) is 5.26 Å². The van der Waals surface area contributed by atoms with E-state index in [-0.39, 0.29) is 23.6 Å². The van der Waals surface area contributed by atoms with E-state index in [9.17, 15) is 20.2 Å². The second-order valence-corrected chi connectivity index (χ2v) is 7.11. The number of anilines is 1. The number of rotatable bonds is 7. The SMILES string of the molecule is C=CCOc1c(Br)cc(Br)cc1/C=C(\C#N)C(=O)Nc1cccc([N+](=O)[O-])c1. The third-order valence-corrected chi connectivity index (χ3v) is 4.41. The van der Waals surface area contributed by atoms with Gasteiger partial charge in [0.2, 0.25) is 0 Å². The summed E-state index contributed by atoms with van der Waals surface area (Å²) in [6, 6.07) is 10.8. The Morgan fingerprint density at radius 1 is 1.36 bits per heavy atom. The summed E-state index contributed by atoms with van der Waals surface area (Å²) < 4.78 is 6.96. The molecule has 28 heavy (non-hydrogen) atoms. The maximum atomic E-state index is 12.5. The largest absolute Gasteiger partial charge is 0.488 e. The second kappa shape index (κ2) is 9.82. The molecule has 9 heteroatoms. The maximum absolute atomic E-state index is 12.5. The van der Waals surface area contributed by atoms with Crippen LogP contribution in [0.5, 0.6) is 5.75 Å². The van der Waals surface area contributed by atoms with E-state index < -0.39 is 10.8 Å². The fourth-order valence-electron chi connectivity index (χ4n) is 2.18. The fraction of sp³-hybridized carbons (Fsp3) is 0.0526. The van der Waals surface area contributed by atoms with Crippen LogP contribution in [0.4, 0.5) is 11.4 Å². The molecule has 1 N–H and O–H groups in total. The highest BCUT2D eigenvalue weighted by Gasteiger charge is 2.15. The monoisotopic (exact) mass is 505 g/mol. The van der Waals surface area contributed by atoms with Gasteiger partial charge in [-0.15, -0.1) is 0 Å². The number of amides is 1. The molecular formula is C19H13Br2N3O4. The van der Waals surface area contributed by atoms with Gasteiger partial charge in [0.15, 0.2) is 0 Å². The van der Waals surface area contributed by atoms with Crippen molar-refractivity contribution < 1.29 is 14.5 Å². The number of benzene rings is 2. The number of nitriles is 1. The van der Waals surface area contributed by atoms with Crippen LogP contribution in [0.25, 0.3) is 6.08 Å². The van der Waals surface area contributed by atoms with Gasteiger partial charge in [0.1, 0.15) is 24.0 Å². The summed E-state index contributed by atoms with van der Waals surface area (Å²) in [6.45, 7) is 3.83. The smallest absolute Gasteiger partial charge is 0.271 e. The van der Waals surface area contributed by atoms with Gasteiger partial charge < -0.3 is 10.1 Å². The first-order valence-corrected chi connectivity index (χ1v) is 9.34. The molecule has 142 valence electrons. The Bertz CT molecular complexity index is 1010. The Kier molecular flexibility index (Phi) is 7.49. The first-order valence-electron chi connectivity index (χ1n) is 7.76. The van der Waals surface area contributed by atoms with Gasteiger partial charge in [0.25, 0.3) is 11.6 Å². The zero-order valence-electron chi connectivity index (χ0n) is 14.3. The van der Waals surface area contributed by atoms with E-state index >= 15 is 0 Å². The van der Waals surface area contributed by atoms with Gasteiger partial charge in [-0.1, -0.05) is 34.7 Å². The highest BCUT2D eigenvalue weighted by atomic mass is 79.9. The van der Waals surface area contributed by atoms with Crippen molar-refractivity contribution in [1.82, 2.24) is 0 Å². The molecule has 0 aliphatic heterocycles. The average Bonchev–Trinajstić information content (AvgIpc) is 2.65. The molecule has 1 amide bonds. The summed E-state index contributed by atoms with van der Waals surface area (Å²) in [5.41, 5.74) is 0.337. The van der Waals surface area contributed by atoms with Crippen molar-refractivity contribution in [2.45, 2.75) is 0 Å². The Balaban J connectivity index is 2.37. The van der Waals surface area contributed by atoms with Crippen molar-refractivity contribution in [2.75, 3.05) is 11.9 Å². The van der Waals surface area contributed by atoms with Crippen molar-refractivity contribution in [3.8, 4) is 11.8 Å². The number of nitrogens with zero attached hydrogens (tertiary/aromatic N) is 2. The van der Waals surface area contributed by atoms with Crippen LogP contribution in [-0.4, -0.2) is 17.4 Å². The molecular weight excluding hydrogens is 494 g/mol.